The molecular formula is C16H25FN2O2. The molecule has 0 aromatic heterocycles. The standard InChI is InChI=1S/C16H25FN2O2/c1-4-20-12-6-5-7-19(10-12)15-9-16(21-11(2)3)13(17)8-14(15)18/h8-9,11-12H,4-7,10,18H2,1-3H3. The molecule has 2 N–H and O–H groups in total. The van der Waals surface area contributed by atoms with E-state index in [9.17, 15) is 4.39 Å². The number of nitrogens with two attached hydrogens (primary N) is 1. The van der Waals surface area contributed by atoms with Crippen LogP contribution in [0.15, 0.2) is 12.1 Å². The summed E-state index contributed by atoms with van der Waals surface area (Å²) in [7, 11) is 0. The first-order valence-corrected chi connectivity index (χ1v) is 7.63. The highest BCUT2D eigenvalue weighted by atomic mass is 19.1. The van der Waals surface area contributed by atoms with Gasteiger partial charge in [-0.25, -0.2) is 4.39 Å². The van der Waals surface area contributed by atoms with Crippen LogP contribution in [0.5, 0.6) is 5.75 Å². The summed E-state index contributed by atoms with van der Waals surface area (Å²) < 4.78 is 25.1. The lowest BCUT2D eigenvalue weighted by molar-refractivity contribution is 0.0527. The Morgan fingerprint density at radius 2 is 2.19 bits per heavy atom. The van der Waals surface area contributed by atoms with Crippen LogP contribution >= 0.6 is 0 Å². The van der Waals surface area contributed by atoms with E-state index in [-0.39, 0.29) is 18.0 Å². The Balaban J connectivity index is 2.21. The summed E-state index contributed by atoms with van der Waals surface area (Å²) in [6.45, 7) is 8.15. The Labute approximate surface area is 126 Å². The van der Waals surface area contributed by atoms with Gasteiger partial charge in [0.2, 0.25) is 0 Å². The van der Waals surface area contributed by atoms with Crippen LogP contribution in [0.2, 0.25) is 0 Å². The fourth-order valence-electron chi connectivity index (χ4n) is 2.70. The fraction of sp³-hybridized carbons (Fsp3) is 0.625. The van der Waals surface area contributed by atoms with Gasteiger partial charge in [-0.2, -0.15) is 0 Å². The maximum Gasteiger partial charge on any atom is 0.167 e. The first kappa shape index (κ1) is 15.9. The molecular weight excluding hydrogens is 271 g/mol. The Morgan fingerprint density at radius 1 is 1.43 bits per heavy atom. The first-order chi connectivity index (χ1) is 10.0. The number of nitrogens with zero attached hydrogens (tertiary/aromatic N) is 1. The number of hydrogen-bond donors (Lipinski definition) is 1. The molecule has 1 heterocycles. The van der Waals surface area contributed by atoms with Crippen molar-refractivity contribution in [3.63, 3.8) is 0 Å². The van der Waals surface area contributed by atoms with Crippen LogP contribution in [0.4, 0.5) is 15.8 Å². The van der Waals surface area contributed by atoms with E-state index in [0.29, 0.717) is 12.3 Å². The van der Waals surface area contributed by atoms with E-state index in [2.05, 4.69) is 4.90 Å². The van der Waals surface area contributed by atoms with Crippen LogP contribution in [0.3, 0.4) is 0 Å². The molecule has 0 aliphatic carbocycles. The summed E-state index contributed by atoms with van der Waals surface area (Å²) in [6.07, 6.45) is 2.24. The number of ether oxygens (including phenoxy) is 2. The zero-order chi connectivity index (χ0) is 15.4. The monoisotopic (exact) mass is 296 g/mol. The molecule has 4 nitrogen and oxygen atoms in total. The summed E-state index contributed by atoms with van der Waals surface area (Å²) >= 11 is 0. The van der Waals surface area contributed by atoms with Gasteiger partial charge in [0.15, 0.2) is 11.6 Å². The SMILES string of the molecule is CCOC1CCCN(c2cc(OC(C)C)c(F)cc2N)C1. The van der Waals surface area contributed by atoms with E-state index in [0.717, 1.165) is 31.6 Å². The first-order valence-electron chi connectivity index (χ1n) is 7.63. The minimum atomic E-state index is -0.414. The molecule has 2 rings (SSSR count). The van der Waals surface area contributed by atoms with Gasteiger partial charge in [-0.3, -0.25) is 0 Å². The van der Waals surface area contributed by atoms with Gasteiger partial charge in [-0.15, -0.1) is 0 Å². The molecule has 1 fully saturated rings. The number of benzene rings is 1. The van der Waals surface area contributed by atoms with Crippen LogP contribution in [0.25, 0.3) is 0 Å². The largest absolute Gasteiger partial charge is 0.488 e. The molecule has 0 spiro atoms. The van der Waals surface area contributed by atoms with Crippen molar-refractivity contribution < 1.29 is 13.9 Å². The Hall–Kier alpha value is -1.49. The predicted octanol–water partition coefficient (Wildman–Crippen LogP) is 3.20. The van der Waals surface area contributed by atoms with E-state index < -0.39 is 5.82 Å². The molecule has 21 heavy (non-hydrogen) atoms. The molecule has 1 aromatic carbocycles. The fourth-order valence-corrected chi connectivity index (χ4v) is 2.70. The highest BCUT2D eigenvalue weighted by molar-refractivity contribution is 5.70. The molecule has 118 valence electrons. The van der Waals surface area contributed by atoms with Gasteiger partial charge in [0.1, 0.15) is 0 Å². The number of anilines is 2. The normalized spacial score (nSPS) is 19.1. The van der Waals surface area contributed by atoms with Crippen molar-refractivity contribution in [2.24, 2.45) is 0 Å². The minimum Gasteiger partial charge on any atom is -0.488 e. The van der Waals surface area contributed by atoms with Gasteiger partial charge in [-0.05, 0) is 33.6 Å². The predicted molar refractivity (Wildman–Crippen MR) is 83.4 cm³/mol. The number of rotatable bonds is 5. The van der Waals surface area contributed by atoms with Crippen LogP contribution in [0, 0.1) is 5.82 Å². The summed E-state index contributed by atoms with van der Waals surface area (Å²) in [4.78, 5) is 2.16. The number of halogens is 1. The van der Waals surface area contributed by atoms with E-state index in [1.165, 1.54) is 6.07 Å². The average Bonchev–Trinajstić information content (AvgIpc) is 2.42. The third-order valence-electron chi connectivity index (χ3n) is 3.57. The minimum absolute atomic E-state index is 0.0755. The van der Waals surface area contributed by atoms with Gasteiger partial charge in [0.05, 0.1) is 23.6 Å². The molecule has 1 aromatic rings. The second-order valence-electron chi connectivity index (χ2n) is 5.67. The highest BCUT2D eigenvalue weighted by Crippen LogP contribution is 2.33. The lowest BCUT2D eigenvalue weighted by atomic mass is 10.1. The molecule has 1 atom stereocenters. The zero-order valence-electron chi connectivity index (χ0n) is 13.1. The zero-order valence-corrected chi connectivity index (χ0v) is 13.1. The van der Waals surface area contributed by atoms with E-state index in [1.54, 1.807) is 6.07 Å². The summed E-state index contributed by atoms with van der Waals surface area (Å²) in [5.74, 6) is -0.156. The molecule has 0 bridgehead atoms. The Kier molecular flexibility index (Phi) is 5.28. The smallest absolute Gasteiger partial charge is 0.167 e. The Bertz CT molecular complexity index is 478. The van der Waals surface area contributed by atoms with E-state index in [1.807, 2.05) is 20.8 Å². The van der Waals surface area contributed by atoms with Gasteiger partial charge in [-0.1, -0.05) is 0 Å². The summed E-state index contributed by atoms with van der Waals surface area (Å²) in [6, 6.07) is 3.05. The number of piperidine rings is 1. The molecule has 0 saturated carbocycles. The van der Waals surface area contributed by atoms with Crippen LogP contribution in [0.1, 0.15) is 33.6 Å². The third kappa shape index (κ3) is 4.00. The van der Waals surface area contributed by atoms with Crippen molar-refractivity contribution >= 4 is 11.4 Å². The lowest BCUT2D eigenvalue weighted by Gasteiger charge is -2.35. The van der Waals surface area contributed by atoms with Gasteiger partial charge < -0.3 is 20.1 Å². The molecule has 0 amide bonds. The molecule has 1 aliphatic heterocycles. The van der Waals surface area contributed by atoms with Crippen LogP contribution in [-0.2, 0) is 4.74 Å². The van der Waals surface area contributed by atoms with Gasteiger partial charge in [0.25, 0.3) is 0 Å². The molecule has 0 radical (unpaired) electrons. The van der Waals surface area contributed by atoms with Crippen LogP contribution in [-0.4, -0.2) is 31.9 Å². The second kappa shape index (κ2) is 6.98. The second-order valence-corrected chi connectivity index (χ2v) is 5.67. The third-order valence-corrected chi connectivity index (χ3v) is 3.57. The maximum absolute atomic E-state index is 13.9. The highest BCUT2D eigenvalue weighted by Gasteiger charge is 2.23. The van der Waals surface area contributed by atoms with Gasteiger partial charge in [0, 0.05) is 31.8 Å². The van der Waals surface area contributed by atoms with Crippen molar-refractivity contribution in [2.75, 3.05) is 30.3 Å². The topological polar surface area (TPSA) is 47.7 Å². The molecule has 5 heteroatoms. The number of hydrogen-bond acceptors (Lipinski definition) is 4. The van der Waals surface area contributed by atoms with E-state index in [4.69, 9.17) is 15.2 Å². The molecule has 1 unspecified atom stereocenters. The quantitative estimate of drug-likeness (QED) is 0.848. The number of nitrogen functional groups attached to an aromatic ring is 1. The van der Waals surface area contributed by atoms with Crippen molar-refractivity contribution in [2.45, 2.75) is 45.8 Å². The van der Waals surface area contributed by atoms with E-state index >= 15 is 0 Å². The van der Waals surface area contributed by atoms with Crippen molar-refractivity contribution in [1.29, 1.82) is 0 Å². The molecule has 1 aliphatic rings. The lowest BCUT2D eigenvalue weighted by Crippen LogP contribution is -2.40. The van der Waals surface area contributed by atoms with Crippen LogP contribution < -0.4 is 15.4 Å². The summed E-state index contributed by atoms with van der Waals surface area (Å²) in [5, 5.41) is 0. The van der Waals surface area contributed by atoms with Crippen molar-refractivity contribution in [3.8, 4) is 5.75 Å². The average molecular weight is 296 g/mol. The van der Waals surface area contributed by atoms with Gasteiger partial charge >= 0.3 is 0 Å². The molecule has 1 saturated heterocycles. The van der Waals surface area contributed by atoms with Crippen molar-refractivity contribution in [1.82, 2.24) is 0 Å². The summed E-state index contributed by atoms with van der Waals surface area (Å²) in [5.41, 5.74) is 7.27. The van der Waals surface area contributed by atoms with Crippen molar-refractivity contribution in [3.05, 3.63) is 17.9 Å². The Morgan fingerprint density at radius 3 is 2.86 bits per heavy atom. The maximum atomic E-state index is 13.9.